The lowest BCUT2D eigenvalue weighted by Crippen LogP contribution is -2.32. The molecule has 0 bridgehead atoms. The van der Waals surface area contributed by atoms with Gasteiger partial charge in [0.25, 0.3) is 5.56 Å². The number of H-pyrrole nitrogens is 1. The summed E-state index contributed by atoms with van der Waals surface area (Å²) in [6, 6.07) is 11.1. The summed E-state index contributed by atoms with van der Waals surface area (Å²) in [6.45, 7) is 3.37. The summed E-state index contributed by atoms with van der Waals surface area (Å²) in [5.41, 5.74) is 3.01. The zero-order valence-corrected chi connectivity index (χ0v) is 17.5. The van der Waals surface area contributed by atoms with E-state index in [-0.39, 0.29) is 5.56 Å². The molecule has 0 atom stereocenters. The third-order valence-electron chi connectivity index (χ3n) is 5.53. The van der Waals surface area contributed by atoms with Gasteiger partial charge in [-0.2, -0.15) is 13.2 Å². The van der Waals surface area contributed by atoms with Crippen molar-refractivity contribution in [2.75, 3.05) is 6.54 Å². The summed E-state index contributed by atoms with van der Waals surface area (Å²) in [4.78, 5) is 19.5. The Hall–Kier alpha value is -2.91. The molecule has 2 aromatic carbocycles. The Kier molecular flexibility index (Phi) is 4.75. The van der Waals surface area contributed by atoms with E-state index < -0.39 is 11.7 Å². The minimum atomic E-state index is -4.36. The Morgan fingerprint density at radius 3 is 2.84 bits per heavy atom. The second kappa shape index (κ2) is 7.35. The van der Waals surface area contributed by atoms with Crippen LogP contribution < -0.4 is 5.56 Å². The van der Waals surface area contributed by atoms with Gasteiger partial charge in [-0.25, -0.2) is 9.67 Å². The van der Waals surface area contributed by atoms with Gasteiger partial charge in [-0.1, -0.05) is 18.2 Å². The summed E-state index contributed by atoms with van der Waals surface area (Å²) >= 11 is 1.58. The molecular formula is C22H19F3N4OS. The Bertz CT molecular complexity index is 1330. The molecule has 2 aromatic heterocycles. The van der Waals surface area contributed by atoms with Crippen LogP contribution in [0.2, 0.25) is 0 Å². The molecule has 0 radical (unpaired) electrons. The quantitative estimate of drug-likeness (QED) is 0.500. The topological polar surface area (TPSA) is 53.9 Å². The van der Waals surface area contributed by atoms with Gasteiger partial charge in [-0.3, -0.25) is 14.8 Å². The molecule has 0 spiro atoms. The minimum Gasteiger partial charge on any atom is -0.295 e. The number of aromatic nitrogens is 3. The average Bonchev–Trinajstić information content (AvgIpc) is 3.26. The van der Waals surface area contributed by atoms with Crippen molar-refractivity contribution in [2.24, 2.45) is 0 Å². The molecule has 3 heterocycles. The lowest BCUT2D eigenvalue weighted by atomic mass is 10.1. The van der Waals surface area contributed by atoms with Gasteiger partial charge in [0, 0.05) is 31.7 Å². The van der Waals surface area contributed by atoms with E-state index in [4.69, 9.17) is 0 Å². The number of benzene rings is 2. The van der Waals surface area contributed by atoms with Crippen LogP contribution in [0.15, 0.2) is 47.3 Å². The Morgan fingerprint density at radius 2 is 2.03 bits per heavy atom. The standard InChI is InChI=1S/C22H19F3N4OS/c1-13-26-19-6-5-16(10-20(19)31-13)29-21(30)17-12-28(8-7-18(17)27-29)11-14-3-2-4-15(9-14)22(23,24)25/h2-6,9-10,27H,7-8,11-12H2,1H3. The van der Waals surface area contributed by atoms with E-state index in [1.165, 1.54) is 12.1 Å². The highest BCUT2D eigenvalue weighted by Gasteiger charge is 2.30. The number of hydrogen-bond acceptors (Lipinski definition) is 4. The fraction of sp³-hybridized carbons (Fsp3) is 0.273. The van der Waals surface area contributed by atoms with Gasteiger partial charge in [0.1, 0.15) is 0 Å². The number of nitrogens with zero attached hydrogens (tertiary/aromatic N) is 3. The molecule has 0 fully saturated rings. The average molecular weight is 444 g/mol. The van der Waals surface area contributed by atoms with Gasteiger partial charge in [-0.05, 0) is 36.8 Å². The fourth-order valence-electron chi connectivity index (χ4n) is 4.05. The van der Waals surface area contributed by atoms with Gasteiger partial charge in [0.15, 0.2) is 0 Å². The number of thiazole rings is 1. The first kappa shape index (κ1) is 20.0. The first-order valence-electron chi connectivity index (χ1n) is 9.87. The van der Waals surface area contributed by atoms with Gasteiger partial charge in [-0.15, -0.1) is 11.3 Å². The third-order valence-corrected chi connectivity index (χ3v) is 6.46. The summed E-state index contributed by atoms with van der Waals surface area (Å²) in [5.74, 6) is 0. The first-order chi connectivity index (χ1) is 14.8. The van der Waals surface area contributed by atoms with Crippen molar-refractivity contribution >= 4 is 21.6 Å². The van der Waals surface area contributed by atoms with Crippen LogP contribution in [0.3, 0.4) is 0 Å². The molecule has 0 aliphatic carbocycles. The lowest BCUT2D eigenvalue weighted by molar-refractivity contribution is -0.137. The number of hydrogen-bond donors (Lipinski definition) is 1. The van der Waals surface area contributed by atoms with Crippen molar-refractivity contribution in [3.63, 3.8) is 0 Å². The Morgan fingerprint density at radius 1 is 1.19 bits per heavy atom. The lowest BCUT2D eigenvalue weighted by Gasteiger charge is -2.26. The number of alkyl halides is 3. The van der Waals surface area contributed by atoms with Crippen LogP contribution >= 0.6 is 11.3 Å². The van der Waals surface area contributed by atoms with E-state index in [9.17, 15) is 18.0 Å². The highest BCUT2D eigenvalue weighted by molar-refractivity contribution is 7.18. The Balaban J connectivity index is 1.40. The zero-order valence-electron chi connectivity index (χ0n) is 16.7. The molecule has 31 heavy (non-hydrogen) atoms. The monoisotopic (exact) mass is 444 g/mol. The van der Waals surface area contributed by atoms with Crippen molar-refractivity contribution in [3.05, 3.63) is 80.2 Å². The summed E-state index contributed by atoms with van der Waals surface area (Å²) < 4.78 is 41.5. The predicted molar refractivity (Wildman–Crippen MR) is 114 cm³/mol. The molecule has 9 heteroatoms. The van der Waals surface area contributed by atoms with Crippen LogP contribution in [0.5, 0.6) is 0 Å². The molecule has 5 nitrogen and oxygen atoms in total. The Labute approximate surface area is 179 Å². The van der Waals surface area contributed by atoms with E-state index in [2.05, 4.69) is 10.1 Å². The van der Waals surface area contributed by atoms with E-state index in [0.717, 1.165) is 32.7 Å². The van der Waals surface area contributed by atoms with Crippen LogP contribution in [0, 0.1) is 6.92 Å². The van der Waals surface area contributed by atoms with Crippen molar-refractivity contribution in [1.82, 2.24) is 19.7 Å². The molecule has 0 saturated carbocycles. The maximum Gasteiger partial charge on any atom is 0.416 e. The number of aryl methyl sites for hydroxylation is 1. The summed E-state index contributed by atoms with van der Waals surface area (Å²) in [5, 5.41) is 4.18. The molecule has 160 valence electrons. The predicted octanol–water partition coefficient (Wildman–Crippen LogP) is 4.66. The zero-order chi connectivity index (χ0) is 21.8. The molecule has 0 unspecified atom stereocenters. The van der Waals surface area contributed by atoms with E-state index in [1.54, 1.807) is 22.1 Å². The van der Waals surface area contributed by atoms with Crippen LogP contribution in [-0.4, -0.2) is 26.2 Å². The normalized spacial score (nSPS) is 14.8. The number of nitrogens with one attached hydrogen (secondary N) is 1. The third kappa shape index (κ3) is 3.79. The largest absolute Gasteiger partial charge is 0.416 e. The molecule has 1 aliphatic rings. The SMILES string of the molecule is Cc1nc2ccc(-n3[nH]c4c(c3=O)CN(Cc3cccc(C(F)(F)F)c3)CC4)cc2s1. The van der Waals surface area contributed by atoms with Crippen molar-refractivity contribution in [1.29, 1.82) is 0 Å². The second-order valence-electron chi connectivity index (χ2n) is 7.75. The molecule has 1 N–H and O–H groups in total. The smallest absolute Gasteiger partial charge is 0.295 e. The van der Waals surface area contributed by atoms with Crippen LogP contribution in [-0.2, 0) is 25.7 Å². The maximum absolute atomic E-state index is 13.1. The maximum atomic E-state index is 13.1. The molecule has 0 amide bonds. The second-order valence-corrected chi connectivity index (χ2v) is 8.99. The molecule has 4 aromatic rings. The van der Waals surface area contributed by atoms with Crippen LogP contribution in [0.4, 0.5) is 13.2 Å². The van der Waals surface area contributed by atoms with Crippen molar-refractivity contribution in [3.8, 4) is 5.69 Å². The van der Waals surface area contributed by atoms with Gasteiger partial charge in [0.05, 0.1) is 32.0 Å². The highest BCUT2D eigenvalue weighted by Crippen LogP contribution is 2.30. The number of halogens is 3. The number of rotatable bonds is 3. The minimum absolute atomic E-state index is 0.121. The van der Waals surface area contributed by atoms with E-state index in [0.29, 0.717) is 37.2 Å². The van der Waals surface area contributed by atoms with Crippen molar-refractivity contribution in [2.45, 2.75) is 32.6 Å². The molecular weight excluding hydrogens is 425 g/mol. The van der Waals surface area contributed by atoms with E-state index >= 15 is 0 Å². The van der Waals surface area contributed by atoms with Crippen LogP contribution in [0.25, 0.3) is 15.9 Å². The van der Waals surface area contributed by atoms with Crippen LogP contribution in [0.1, 0.15) is 27.4 Å². The number of fused-ring (bicyclic) bond motifs is 2. The number of aromatic amines is 1. The van der Waals surface area contributed by atoms with Crippen molar-refractivity contribution < 1.29 is 13.2 Å². The molecule has 0 saturated heterocycles. The van der Waals surface area contributed by atoms with E-state index in [1.807, 2.05) is 30.0 Å². The van der Waals surface area contributed by atoms with Gasteiger partial charge in [0.2, 0.25) is 0 Å². The first-order valence-corrected chi connectivity index (χ1v) is 10.7. The summed E-state index contributed by atoms with van der Waals surface area (Å²) in [6.07, 6.45) is -3.73. The molecule has 1 aliphatic heterocycles. The summed E-state index contributed by atoms with van der Waals surface area (Å²) in [7, 11) is 0. The van der Waals surface area contributed by atoms with Gasteiger partial charge < -0.3 is 0 Å². The molecule has 5 rings (SSSR count). The highest BCUT2D eigenvalue weighted by atomic mass is 32.1. The van der Waals surface area contributed by atoms with Gasteiger partial charge >= 0.3 is 6.18 Å². The fourth-order valence-corrected chi connectivity index (χ4v) is 4.91.